The molecule has 1 saturated heterocycles. The number of nitrogens with one attached hydrogen (secondary N) is 2. The first-order chi connectivity index (χ1) is 12.9. The Kier molecular flexibility index (Phi) is 4.55. The number of hydrogen-bond donors (Lipinski definition) is 2. The fourth-order valence-corrected chi connectivity index (χ4v) is 3.63. The molecule has 4 rings (SSSR count). The van der Waals surface area contributed by atoms with Crippen molar-refractivity contribution in [3.8, 4) is 5.75 Å². The Balaban J connectivity index is 1.57. The first-order valence-corrected chi connectivity index (χ1v) is 8.81. The Hall–Kier alpha value is -2.55. The maximum Gasteiger partial charge on any atom is 0.423 e. The van der Waals surface area contributed by atoms with Crippen molar-refractivity contribution in [2.24, 2.45) is 0 Å². The fraction of sp³-hybridized carbons (Fsp3) is 0.444. The topological polar surface area (TPSA) is 70.2 Å². The van der Waals surface area contributed by atoms with Crippen LogP contribution in [0.15, 0.2) is 29.2 Å². The van der Waals surface area contributed by atoms with Crippen LogP contribution >= 0.6 is 0 Å². The molecular weight excluding hydrogens is 361 g/mol. The van der Waals surface area contributed by atoms with E-state index in [1.54, 1.807) is 0 Å². The molecule has 3 heterocycles. The number of piperidine rings is 1. The fourth-order valence-electron chi connectivity index (χ4n) is 3.63. The zero-order chi connectivity index (χ0) is 19.0. The van der Waals surface area contributed by atoms with Crippen LogP contribution in [0.4, 0.5) is 18.9 Å². The minimum Gasteiger partial charge on any atom is -0.489 e. The van der Waals surface area contributed by atoms with Gasteiger partial charge in [0.15, 0.2) is 0 Å². The number of hydrogen-bond acceptors (Lipinski definition) is 5. The Morgan fingerprint density at radius 3 is 2.78 bits per heavy atom. The van der Waals surface area contributed by atoms with E-state index in [-0.39, 0.29) is 24.9 Å². The lowest BCUT2D eigenvalue weighted by atomic mass is 10.1. The van der Waals surface area contributed by atoms with Gasteiger partial charge in [-0.1, -0.05) is 6.07 Å². The van der Waals surface area contributed by atoms with Crippen LogP contribution in [0, 0.1) is 0 Å². The lowest BCUT2D eigenvalue weighted by Crippen LogP contribution is -2.37. The van der Waals surface area contributed by atoms with E-state index in [0.717, 1.165) is 43.3 Å². The molecule has 0 aliphatic carbocycles. The van der Waals surface area contributed by atoms with Crippen molar-refractivity contribution in [2.75, 3.05) is 18.0 Å². The van der Waals surface area contributed by atoms with Crippen molar-refractivity contribution >= 4 is 5.69 Å². The summed E-state index contributed by atoms with van der Waals surface area (Å²) in [6.07, 6.45) is -1.56. The predicted molar refractivity (Wildman–Crippen MR) is 92.7 cm³/mol. The first-order valence-electron chi connectivity index (χ1n) is 8.81. The van der Waals surface area contributed by atoms with E-state index in [9.17, 15) is 18.0 Å². The van der Waals surface area contributed by atoms with Gasteiger partial charge in [-0.05, 0) is 42.6 Å². The lowest BCUT2D eigenvalue weighted by Gasteiger charge is -2.24. The van der Waals surface area contributed by atoms with E-state index in [1.807, 2.05) is 23.3 Å². The average molecular weight is 380 g/mol. The highest BCUT2D eigenvalue weighted by Gasteiger charge is 2.39. The van der Waals surface area contributed by atoms with Gasteiger partial charge in [-0.25, -0.2) is 5.10 Å². The number of fused-ring (bicyclic) bond motifs is 1. The SMILES string of the molecule is O=c1[nH]ncc(N2Cc3ccc(O[C@@H]4CCCNC4)cc3C2)c1C(F)(F)F. The number of H-pyrrole nitrogens is 1. The normalized spacial score (nSPS) is 19.8. The monoisotopic (exact) mass is 380 g/mol. The molecule has 0 spiro atoms. The minimum absolute atomic E-state index is 0.100. The van der Waals surface area contributed by atoms with Crippen molar-refractivity contribution in [2.45, 2.75) is 38.2 Å². The lowest BCUT2D eigenvalue weighted by molar-refractivity contribution is -0.138. The third-order valence-electron chi connectivity index (χ3n) is 4.91. The van der Waals surface area contributed by atoms with E-state index < -0.39 is 17.3 Å². The first kappa shape index (κ1) is 17.8. The number of nitrogens with zero attached hydrogens (tertiary/aromatic N) is 2. The van der Waals surface area contributed by atoms with Gasteiger partial charge in [0.1, 0.15) is 17.4 Å². The number of ether oxygens (including phenoxy) is 1. The summed E-state index contributed by atoms with van der Waals surface area (Å²) in [7, 11) is 0. The summed E-state index contributed by atoms with van der Waals surface area (Å²) in [5.41, 5.74) is -0.844. The molecule has 2 aliphatic heterocycles. The molecule has 2 N–H and O–H groups in total. The molecule has 0 bridgehead atoms. The Labute approximate surface area is 153 Å². The van der Waals surface area contributed by atoms with Crippen molar-refractivity contribution in [3.05, 3.63) is 51.4 Å². The predicted octanol–water partition coefficient (Wildman–Crippen LogP) is 2.44. The van der Waals surface area contributed by atoms with Gasteiger partial charge >= 0.3 is 6.18 Å². The summed E-state index contributed by atoms with van der Waals surface area (Å²) in [4.78, 5) is 13.2. The van der Waals surface area contributed by atoms with Crippen LogP contribution in [0.3, 0.4) is 0 Å². The minimum atomic E-state index is -4.75. The zero-order valence-electron chi connectivity index (χ0n) is 14.5. The van der Waals surface area contributed by atoms with Gasteiger partial charge in [0, 0.05) is 19.6 Å². The summed E-state index contributed by atoms with van der Waals surface area (Å²) >= 11 is 0. The van der Waals surface area contributed by atoms with E-state index in [4.69, 9.17) is 4.74 Å². The second kappa shape index (κ2) is 6.88. The molecular formula is C18H19F3N4O2. The summed E-state index contributed by atoms with van der Waals surface area (Å²) < 4.78 is 45.9. The molecule has 9 heteroatoms. The largest absolute Gasteiger partial charge is 0.489 e. The van der Waals surface area contributed by atoms with Crippen LogP contribution < -0.4 is 20.5 Å². The zero-order valence-corrected chi connectivity index (χ0v) is 14.5. The molecule has 0 amide bonds. The summed E-state index contributed by atoms with van der Waals surface area (Å²) in [5.74, 6) is 0.712. The molecule has 1 aromatic carbocycles. The molecule has 1 atom stereocenters. The highest BCUT2D eigenvalue weighted by atomic mass is 19.4. The van der Waals surface area contributed by atoms with Gasteiger partial charge in [-0.15, -0.1) is 0 Å². The highest BCUT2D eigenvalue weighted by Crippen LogP contribution is 2.37. The summed E-state index contributed by atoms with van der Waals surface area (Å²) in [6.45, 7) is 2.33. The number of anilines is 1. The number of benzene rings is 1. The number of alkyl halides is 3. The summed E-state index contributed by atoms with van der Waals surface area (Å²) in [6, 6.07) is 5.59. The van der Waals surface area contributed by atoms with Crippen LogP contribution in [0.2, 0.25) is 0 Å². The van der Waals surface area contributed by atoms with Crippen molar-refractivity contribution in [1.82, 2.24) is 15.5 Å². The van der Waals surface area contributed by atoms with E-state index in [1.165, 1.54) is 4.90 Å². The average Bonchev–Trinajstić information content (AvgIpc) is 3.04. The number of aromatic nitrogens is 2. The molecule has 1 fully saturated rings. The van der Waals surface area contributed by atoms with Crippen LogP contribution in [0.25, 0.3) is 0 Å². The van der Waals surface area contributed by atoms with Gasteiger partial charge in [0.2, 0.25) is 0 Å². The second-order valence-corrected chi connectivity index (χ2v) is 6.83. The van der Waals surface area contributed by atoms with Gasteiger partial charge in [0.25, 0.3) is 5.56 Å². The van der Waals surface area contributed by atoms with Crippen LogP contribution in [-0.4, -0.2) is 29.4 Å². The van der Waals surface area contributed by atoms with Gasteiger partial charge in [0.05, 0.1) is 11.9 Å². The summed E-state index contributed by atoms with van der Waals surface area (Å²) in [5, 5.41) is 8.70. The molecule has 0 saturated carbocycles. The number of halogens is 3. The van der Waals surface area contributed by atoms with Crippen molar-refractivity contribution in [1.29, 1.82) is 0 Å². The molecule has 6 nitrogen and oxygen atoms in total. The molecule has 1 aromatic heterocycles. The molecule has 0 unspecified atom stereocenters. The van der Waals surface area contributed by atoms with Gasteiger partial charge in [-0.2, -0.15) is 18.3 Å². The van der Waals surface area contributed by atoms with E-state index in [0.29, 0.717) is 5.75 Å². The third-order valence-corrected chi connectivity index (χ3v) is 4.91. The maximum atomic E-state index is 13.3. The van der Waals surface area contributed by atoms with Crippen molar-refractivity contribution < 1.29 is 17.9 Å². The van der Waals surface area contributed by atoms with Gasteiger partial charge in [-0.3, -0.25) is 4.79 Å². The van der Waals surface area contributed by atoms with Gasteiger partial charge < -0.3 is 15.0 Å². The van der Waals surface area contributed by atoms with Crippen LogP contribution in [-0.2, 0) is 19.3 Å². The molecule has 144 valence electrons. The standard InChI is InChI=1S/C18H19F3N4O2/c19-18(20,21)16-15(8-23-24-17(16)26)25-9-11-3-4-13(6-12(11)10-25)27-14-2-1-5-22-7-14/h3-4,6,8,14,22H,1-2,5,7,9-10H2,(H,24,26)/t14-/m1/s1. The molecule has 27 heavy (non-hydrogen) atoms. The maximum absolute atomic E-state index is 13.3. The molecule has 2 aliphatic rings. The van der Waals surface area contributed by atoms with Crippen molar-refractivity contribution in [3.63, 3.8) is 0 Å². The molecule has 2 aromatic rings. The highest BCUT2D eigenvalue weighted by molar-refractivity contribution is 5.56. The Morgan fingerprint density at radius 1 is 1.22 bits per heavy atom. The Bertz CT molecular complexity index is 891. The Morgan fingerprint density at radius 2 is 2.04 bits per heavy atom. The third kappa shape index (κ3) is 3.64. The van der Waals surface area contributed by atoms with Crippen LogP contribution in [0.1, 0.15) is 29.5 Å². The van der Waals surface area contributed by atoms with Crippen LogP contribution in [0.5, 0.6) is 5.75 Å². The molecule has 0 radical (unpaired) electrons. The van der Waals surface area contributed by atoms with E-state index in [2.05, 4.69) is 10.4 Å². The second-order valence-electron chi connectivity index (χ2n) is 6.83. The number of rotatable bonds is 3. The quantitative estimate of drug-likeness (QED) is 0.856. The number of aromatic amines is 1. The smallest absolute Gasteiger partial charge is 0.423 e. The van der Waals surface area contributed by atoms with E-state index >= 15 is 0 Å².